The molecule has 117 heavy (non-hydrogen) atoms. The normalized spacial score (nSPS) is 48.6. The molecule has 0 aromatic carbocycles. The number of carbonyl (C=O) groups excluding carboxylic acids is 2. The van der Waals surface area contributed by atoms with Gasteiger partial charge in [0.1, 0.15) is 238 Å². The summed E-state index contributed by atoms with van der Waals surface area (Å²) in [5.74, 6) is -1.83. The second kappa shape index (κ2) is 43.3. The maximum atomic E-state index is 13.0. The Kier molecular flexibility index (Phi) is 36.1. The van der Waals surface area contributed by atoms with E-state index in [-0.39, 0.29) is 0 Å². The standard InChI is InChI=1S/C64H110N2O51/c1-14(76)65-16(3-67)28(79)49(17(78)4-68)111-56-27(66-15(2)77)37(88)50(24(11-75)108-56)112-61-48(99)52(114-64-55(43(94)34(85)23(10-74)107-64)117-60-46(97)40(91)31(82)20(7-71)104-60)36(87)26(110-61)12-100-57-47(98)51(113-63-54(42(93)33(84)22(9-73)106-63)116-59-45(96)39(90)30(81)19(6-70)103-59)35(86)25(109-57)13-101-62-53(41(92)32(83)21(8-72)105-62)115-58-44(95)38(89)29(80)18(5-69)102-58/h16-64,67-75,78-99H,3-13H2,1-2H3,(H,65,76)(H,66,77)/t16-,17-,18+,19+,20+,21+,22+,23+,24+,25+,26+,27+,28+,29+,30+,31+,32+,33+,34+,35+,36+,37+,38-,39-,40-,41-,42-,43-,44-,45-,46-,47-,48-,49+,50+,51-,52-,53-,54-,55-,56-,57-,58+,59+,60+,61-,62-,63+,64+/m0/s1. The summed E-state index contributed by atoms with van der Waals surface area (Å²) in [4.78, 5) is 25.0. The number of rotatable bonds is 34. The van der Waals surface area contributed by atoms with E-state index in [1.165, 1.54) is 0 Å². The molecule has 9 heterocycles. The minimum atomic E-state index is -2.62. The van der Waals surface area contributed by atoms with Crippen molar-refractivity contribution in [3.05, 3.63) is 0 Å². The topological polar surface area (TPSA) is 851 Å². The summed E-state index contributed by atoms with van der Waals surface area (Å²) in [6, 6.07) is -3.68. The molecule has 682 valence electrons. The van der Waals surface area contributed by atoms with Gasteiger partial charge in [0.15, 0.2) is 56.6 Å². The van der Waals surface area contributed by atoms with Gasteiger partial charge in [0.2, 0.25) is 11.8 Å². The molecule has 49 atom stereocenters. The van der Waals surface area contributed by atoms with Gasteiger partial charge in [-0.3, -0.25) is 9.59 Å². The van der Waals surface area contributed by atoms with Gasteiger partial charge in [0, 0.05) is 13.8 Å². The van der Waals surface area contributed by atoms with Crippen molar-refractivity contribution < 1.29 is 253 Å². The van der Waals surface area contributed by atoms with Crippen LogP contribution in [0.15, 0.2) is 0 Å². The molecule has 0 unspecified atom stereocenters. The fourth-order valence-corrected chi connectivity index (χ4v) is 14.6. The van der Waals surface area contributed by atoms with Gasteiger partial charge in [-0.05, 0) is 0 Å². The van der Waals surface area contributed by atoms with E-state index in [9.17, 15) is 168 Å². The van der Waals surface area contributed by atoms with E-state index in [2.05, 4.69) is 10.6 Å². The molecule has 9 aliphatic heterocycles. The lowest BCUT2D eigenvalue weighted by Gasteiger charge is -2.50. The van der Waals surface area contributed by atoms with Crippen LogP contribution in [0.3, 0.4) is 0 Å². The average molecular weight is 1720 g/mol. The van der Waals surface area contributed by atoms with Crippen molar-refractivity contribution >= 4 is 11.8 Å². The van der Waals surface area contributed by atoms with E-state index in [0.717, 1.165) is 13.8 Å². The van der Waals surface area contributed by atoms with Crippen LogP contribution in [0.1, 0.15) is 13.8 Å². The lowest BCUT2D eigenvalue weighted by molar-refractivity contribution is -0.401. The van der Waals surface area contributed by atoms with Crippen molar-refractivity contribution in [1.82, 2.24) is 10.6 Å². The molecule has 0 aromatic rings. The Balaban J connectivity index is 1.09. The van der Waals surface area contributed by atoms with Crippen LogP contribution in [0.4, 0.5) is 0 Å². The fourth-order valence-electron chi connectivity index (χ4n) is 14.6. The monoisotopic (exact) mass is 1720 g/mol. The Morgan fingerprint density at radius 3 is 0.949 bits per heavy atom. The van der Waals surface area contributed by atoms with E-state index in [4.69, 9.17) is 85.3 Å². The van der Waals surface area contributed by atoms with E-state index in [1.54, 1.807) is 0 Å². The largest absolute Gasteiger partial charge is 0.394 e. The summed E-state index contributed by atoms with van der Waals surface area (Å²) < 4.78 is 105. The predicted molar refractivity (Wildman–Crippen MR) is 355 cm³/mol. The Labute approximate surface area is 661 Å². The molecule has 9 saturated heterocycles. The number of aliphatic hydroxyl groups is 31. The highest BCUT2D eigenvalue weighted by Gasteiger charge is 2.61. The summed E-state index contributed by atoms with van der Waals surface area (Å²) in [6.07, 6.45) is -103. The van der Waals surface area contributed by atoms with Gasteiger partial charge in [-0.15, -0.1) is 0 Å². The molecule has 0 aliphatic carbocycles. The van der Waals surface area contributed by atoms with Crippen LogP contribution in [0, 0.1) is 0 Å². The maximum absolute atomic E-state index is 13.0. The first-order valence-electron chi connectivity index (χ1n) is 37.1. The van der Waals surface area contributed by atoms with Crippen LogP contribution in [-0.2, 0) is 94.9 Å². The van der Waals surface area contributed by atoms with Crippen molar-refractivity contribution in [3.63, 3.8) is 0 Å². The quantitative estimate of drug-likeness (QED) is 0.0284. The first-order chi connectivity index (χ1) is 55.4. The molecule has 33 N–H and O–H groups in total. The van der Waals surface area contributed by atoms with Gasteiger partial charge < -0.3 is 254 Å². The van der Waals surface area contributed by atoms with Crippen LogP contribution in [0.5, 0.6) is 0 Å². The van der Waals surface area contributed by atoms with Gasteiger partial charge in [-0.2, -0.15) is 0 Å². The summed E-state index contributed by atoms with van der Waals surface area (Å²) in [6.45, 7) is -10.7. The zero-order valence-electron chi connectivity index (χ0n) is 62.1. The van der Waals surface area contributed by atoms with E-state index in [0.29, 0.717) is 0 Å². The second-order valence-electron chi connectivity index (χ2n) is 29.3. The third kappa shape index (κ3) is 21.7. The molecular weight excluding hydrogens is 1610 g/mol. The van der Waals surface area contributed by atoms with Crippen LogP contribution in [0.25, 0.3) is 0 Å². The Morgan fingerprint density at radius 2 is 0.590 bits per heavy atom. The Morgan fingerprint density at radius 1 is 0.291 bits per heavy atom. The molecule has 0 bridgehead atoms. The molecule has 9 rings (SSSR count). The highest BCUT2D eigenvalue weighted by atomic mass is 16.8. The van der Waals surface area contributed by atoms with Gasteiger partial charge in [-0.1, -0.05) is 0 Å². The van der Waals surface area contributed by atoms with Crippen LogP contribution in [0.2, 0.25) is 0 Å². The minimum absolute atomic E-state index is 0.828. The molecule has 9 fully saturated rings. The van der Waals surface area contributed by atoms with Crippen molar-refractivity contribution in [2.24, 2.45) is 0 Å². The first-order valence-corrected chi connectivity index (χ1v) is 37.1. The van der Waals surface area contributed by atoms with Crippen molar-refractivity contribution in [3.8, 4) is 0 Å². The molecule has 2 amide bonds. The summed E-state index contributed by atoms with van der Waals surface area (Å²) in [5, 5.41) is 346. The van der Waals surface area contributed by atoms with Crippen molar-refractivity contribution in [2.75, 3.05) is 72.7 Å². The number of nitrogens with one attached hydrogen (secondary N) is 2. The molecule has 0 aromatic heterocycles. The van der Waals surface area contributed by atoms with Crippen LogP contribution >= 0.6 is 0 Å². The molecule has 0 spiro atoms. The fraction of sp³-hybridized carbons (Fsp3) is 0.969. The highest BCUT2D eigenvalue weighted by molar-refractivity contribution is 5.73. The molecule has 53 nitrogen and oxygen atoms in total. The highest BCUT2D eigenvalue weighted by Crippen LogP contribution is 2.40. The lowest BCUT2D eigenvalue weighted by Crippen LogP contribution is -2.69. The number of ether oxygens (including phenoxy) is 18. The van der Waals surface area contributed by atoms with Gasteiger partial charge in [0.05, 0.1) is 78.7 Å². The number of aliphatic hydroxyl groups excluding tert-OH is 31. The third-order valence-electron chi connectivity index (χ3n) is 21.3. The molecule has 9 aliphatic rings. The number of amides is 2. The summed E-state index contributed by atoms with van der Waals surface area (Å²) in [7, 11) is 0. The number of hydrogen-bond donors (Lipinski definition) is 33. The second-order valence-corrected chi connectivity index (χ2v) is 29.3. The van der Waals surface area contributed by atoms with Gasteiger partial charge in [0.25, 0.3) is 0 Å². The minimum Gasteiger partial charge on any atom is -0.394 e. The van der Waals surface area contributed by atoms with Crippen LogP contribution < -0.4 is 10.6 Å². The molecule has 53 heteroatoms. The third-order valence-corrected chi connectivity index (χ3v) is 21.3. The summed E-state index contributed by atoms with van der Waals surface area (Å²) in [5.41, 5.74) is 0. The van der Waals surface area contributed by atoms with Crippen molar-refractivity contribution in [1.29, 1.82) is 0 Å². The Bertz CT molecular complexity index is 2990. The first kappa shape index (κ1) is 97.8. The smallest absolute Gasteiger partial charge is 0.217 e. The summed E-state index contributed by atoms with van der Waals surface area (Å²) >= 11 is 0. The zero-order valence-corrected chi connectivity index (χ0v) is 62.1. The predicted octanol–water partition coefficient (Wildman–Crippen LogP) is -22.9. The van der Waals surface area contributed by atoms with Crippen LogP contribution in [-0.4, -0.2) is 543 Å². The Hall–Kier alpha value is -3.02. The maximum Gasteiger partial charge on any atom is 0.217 e. The van der Waals surface area contributed by atoms with E-state index < -0.39 is 385 Å². The van der Waals surface area contributed by atoms with E-state index >= 15 is 0 Å². The van der Waals surface area contributed by atoms with E-state index in [1.807, 2.05) is 0 Å². The van der Waals surface area contributed by atoms with Gasteiger partial charge in [-0.25, -0.2) is 0 Å². The average Bonchev–Trinajstić information content (AvgIpc) is 0.777. The zero-order chi connectivity index (χ0) is 86.4. The number of hydrogen-bond acceptors (Lipinski definition) is 51. The molecule has 0 radical (unpaired) electrons. The lowest BCUT2D eigenvalue weighted by atomic mass is 9.94. The van der Waals surface area contributed by atoms with Crippen molar-refractivity contribution in [2.45, 2.75) is 314 Å². The molecular formula is C64H110N2O51. The molecule has 0 saturated carbocycles. The SMILES string of the molecule is CC(=O)N[C@H]1[C@H](O[C@@H]([C@H](O)[C@H](CO)NC(C)=O)[C@@H](O)CO)O[C@H](CO)[C@@H](O[C@@H]2O[C@H](CO[C@H]3O[C@H](CO[C@H]4O[C@H](CO)[C@@H](O)[C@H](O)[C@@H]4O[C@H]4O[C@H](CO)[C@@H](O)[C@H](O)[C@@H]4O)[C@@H](O)[C@H](O[C@H]4O[C@H](CO)[C@@H](O)[C@H](O)[C@@H]4O[C@H]4O[C@H](CO)[C@@H](O)[C@H](O)[C@@H]4O)[C@@H]3O)[C@@H](O)[C@H](O[C@H]3O[C@H](CO)[C@@H](O)[C@H](O)[C@@H]3O[C@H]3O[C@H](CO)[C@@H](O)[C@H](O)[C@@H]3O)[C@@H]2O)[C@@H]1O. The van der Waals surface area contributed by atoms with Gasteiger partial charge >= 0.3 is 0 Å². The number of carbonyl (C=O) groups is 2.